The number of thiophene rings is 1. The molecule has 1 N–H and O–H groups in total. The van der Waals surface area contributed by atoms with Gasteiger partial charge >= 0.3 is 6.11 Å². The molecule has 0 bridgehead atoms. The van der Waals surface area contributed by atoms with Crippen LogP contribution in [-0.4, -0.2) is 62.0 Å². The Labute approximate surface area is 183 Å². The van der Waals surface area contributed by atoms with E-state index in [-0.39, 0.29) is 29.6 Å². The highest BCUT2D eigenvalue weighted by Crippen LogP contribution is 2.52. The van der Waals surface area contributed by atoms with E-state index in [9.17, 15) is 18.7 Å². The third kappa shape index (κ3) is 3.58. The number of aliphatic hydroxyl groups is 1. The Balaban J connectivity index is 1.74. The fourth-order valence-corrected chi connectivity index (χ4v) is 5.39. The molecule has 162 valence electrons. The number of benzene rings is 1. The van der Waals surface area contributed by atoms with E-state index >= 15 is 0 Å². The summed E-state index contributed by atoms with van der Waals surface area (Å²) in [5.74, 6) is 0.754. The third-order valence-electron chi connectivity index (χ3n) is 5.11. The summed E-state index contributed by atoms with van der Waals surface area (Å²) in [4.78, 5) is 16.5. The zero-order valence-corrected chi connectivity index (χ0v) is 18.6. The summed E-state index contributed by atoms with van der Waals surface area (Å²) in [7, 11) is 3.06. The summed E-state index contributed by atoms with van der Waals surface area (Å²) in [5, 5.41) is 9.96. The minimum atomic E-state index is -3.43. The van der Waals surface area contributed by atoms with E-state index in [4.69, 9.17) is 14.2 Å². The zero-order chi connectivity index (χ0) is 21.6. The Morgan fingerprint density at radius 1 is 1.37 bits per heavy atom. The van der Waals surface area contributed by atoms with Crippen LogP contribution in [-0.2, 0) is 6.54 Å². The molecule has 1 atom stereocenters. The molecule has 2 aromatic rings. The number of hydrogen-bond donors (Lipinski definition) is 1. The molecule has 2 aliphatic heterocycles. The van der Waals surface area contributed by atoms with Crippen LogP contribution in [0.5, 0.6) is 17.2 Å². The fraction of sp³-hybridized carbons (Fsp3) is 0.421. The van der Waals surface area contributed by atoms with Crippen molar-refractivity contribution in [1.29, 1.82) is 0 Å². The lowest BCUT2D eigenvalue weighted by molar-refractivity contribution is -0.173. The highest BCUT2D eigenvalue weighted by Gasteiger charge is 2.48. The first-order chi connectivity index (χ1) is 14.3. The molecule has 0 spiro atoms. The molecule has 0 saturated heterocycles. The van der Waals surface area contributed by atoms with Crippen molar-refractivity contribution >= 4 is 38.9 Å². The molecule has 1 unspecified atom stereocenters. The molecular formula is C19H19BrF2N2O5S. The Morgan fingerprint density at radius 2 is 2.13 bits per heavy atom. The molecule has 0 aliphatic carbocycles. The Morgan fingerprint density at radius 3 is 2.80 bits per heavy atom. The molecule has 30 heavy (non-hydrogen) atoms. The van der Waals surface area contributed by atoms with Gasteiger partial charge in [0, 0.05) is 24.7 Å². The predicted octanol–water partition coefficient (Wildman–Crippen LogP) is 3.34. The van der Waals surface area contributed by atoms with Gasteiger partial charge in [0.15, 0.2) is 5.75 Å². The lowest BCUT2D eigenvalue weighted by Crippen LogP contribution is -2.53. The topological polar surface area (TPSA) is 71.5 Å². The number of nitrogens with zero attached hydrogens (tertiary/aromatic N) is 2. The minimum Gasteiger partial charge on any atom is -0.497 e. The van der Waals surface area contributed by atoms with Crippen molar-refractivity contribution in [1.82, 2.24) is 4.90 Å². The van der Waals surface area contributed by atoms with E-state index in [1.807, 2.05) is 0 Å². The average molecular weight is 505 g/mol. The van der Waals surface area contributed by atoms with Crippen LogP contribution in [0.25, 0.3) is 0 Å². The lowest BCUT2D eigenvalue weighted by atomic mass is 10.1. The summed E-state index contributed by atoms with van der Waals surface area (Å²) in [6, 6.07) is 4.54. The number of halogens is 3. The number of anilines is 1. The van der Waals surface area contributed by atoms with Gasteiger partial charge in [-0.25, -0.2) is 0 Å². The number of amides is 1. The van der Waals surface area contributed by atoms with E-state index in [1.165, 1.54) is 16.9 Å². The number of ether oxygens (including phenoxy) is 3. The normalized spacial score (nSPS) is 19.8. The minimum absolute atomic E-state index is 0.0677. The maximum absolute atomic E-state index is 14.2. The second-order valence-electron chi connectivity index (χ2n) is 6.95. The number of carbonyl (C=O) groups excluding carboxylic acids is 1. The van der Waals surface area contributed by atoms with E-state index < -0.39 is 25.3 Å². The highest BCUT2D eigenvalue weighted by molar-refractivity contribution is 9.11. The van der Waals surface area contributed by atoms with Crippen molar-refractivity contribution < 1.29 is 32.9 Å². The number of aliphatic hydroxyl groups excluding tert-OH is 1. The largest absolute Gasteiger partial charge is 0.497 e. The van der Waals surface area contributed by atoms with Gasteiger partial charge in [-0.2, -0.15) is 8.78 Å². The summed E-state index contributed by atoms with van der Waals surface area (Å²) in [6.45, 7) is -0.892. The monoisotopic (exact) mass is 504 g/mol. The van der Waals surface area contributed by atoms with Gasteiger partial charge in [-0.3, -0.25) is 4.79 Å². The smallest absolute Gasteiger partial charge is 0.416 e. The van der Waals surface area contributed by atoms with Gasteiger partial charge in [0.2, 0.25) is 0 Å². The van der Waals surface area contributed by atoms with Gasteiger partial charge < -0.3 is 29.1 Å². The van der Waals surface area contributed by atoms with Crippen molar-refractivity contribution in [3.63, 3.8) is 0 Å². The lowest BCUT2D eigenvalue weighted by Gasteiger charge is -2.38. The maximum Gasteiger partial charge on any atom is 0.416 e. The van der Waals surface area contributed by atoms with E-state index in [2.05, 4.69) is 15.9 Å². The SMILES string of the molecule is COc1ccc(CN2CC(CO)N3CC(F)(F)Oc4c(Br)sc(c43)C2=O)c(OC)c1. The van der Waals surface area contributed by atoms with Crippen molar-refractivity contribution in [2.45, 2.75) is 18.7 Å². The Bertz CT molecular complexity index is 986. The molecule has 2 aliphatic rings. The van der Waals surface area contributed by atoms with Crippen molar-refractivity contribution in [3.8, 4) is 17.2 Å². The van der Waals surface area contributed by atoms with Gasteiger partial charge in [-0.1, -0.05) is 0 Å². The molecule has 3 heterocycles. The molecule has 0 fully saturated rings. The Kier molecular flexibility index (Phi) is 5.54. The van der Waals surface area contributed by atoms with Gasteiger partial charge in [-0.05, 0) is 28.1 Å². The summed E-state index contributed by atoms with van der Waals surface area (Å²) < 4.78 is 44.2. The van der Waals surface area contributed by atoms with Crippen molar-refractivity contribution in [2.75, 3.05) is 38.8 Å². The zero-order valence-electron chi connectivity index (χ0n) is 16.2. The summed E-state index contributed by atoms with van der Waals surface area (Å²) in [6.07, 6.45) is -3.43. The first kappa shape index (κ1) is 21.1. The predicted molar refractivity (Wildman–Crippen MR) is 110 cm³/mol. The average Bonchev–Trinajstić information content (AvgIpc) is 3.00. The van der Waals surface area contributed by atoms with Crippen LogP contribution in [0.1, 0.15) is 15.2 Å². The number of carbonyl (C=O) groups is 1. The first-order valence-corrected chi connectivity index (χ1v) is 10.7. The molecule has 1 aromatic heterocycles. The number of rotatable bonds is 5. The van der Waals surface area contributed by atoms with E-state index in [0.717, 1.165) is 16.9 Å². The molecule has 1 amide bonds. The van der Waals surface area contributed by atoms with Gasteiger partial charge in [0.1, 0.15) is 32.4 Å². The van der Waals surface area contributed by atoms with E-state index in [1.54, 1.807) is 25.3 Å². The van der Waals surface area contributed by atoms with Gasteiger partial charge in [-0.15, -0.1) is 11.3 Å². The van der Waals surface area contributed by atoms with Crippen LogP contribution in [0.3, 0.4) is 0 Å². The van der Waals surface area contributed by atoms with Crippen LogP contribution in [0.15, 0.2) is 22.0 Å². The van der Waals surface area contributed by atoms with Gasteiger partial charge in [0.25, 0.3) is 5.91 Å². The number of methoxy groups -OCH3 is 2. The van der Waals surface area contributed by atoms with Crippen LogP contribution in [0.4, 0.5) is 14.5 Å². The van der Waals surface area contributed by atoms with Crippen LogP contribution < -0.4 is 19.1 Å². The number of hydrogen-bond acceptors (Lipinski definition) is 7. The molecule has 7 nitrogen and oxygen atoms in total. The quantitative estimate of drug-likeness (QED) is 0.673. The number of alkyl halides is 2. The summed E-state index contributed by atoms with van der Waals surface area (Å²) in [5.41, 5.74) is 1.02. The molecule has 0 saturated carbocycles. The second-order valence-corrected chi connectivity index (χ2v) is 9.29. The first-order valence-electron chi connectivity index (χ1n) is 9.04. The van der Waals surface area contributed by atoms with Crippen molar-refractivity contribution in [2.24, 2.45) is 0 Å². The van der Waals surface area contributed by atoms with E-state index in [0.29, 0.717) is 21.0 Å². The van der Waals surface area contributed by atoms with Crippen LogP contribution in [0.2, 0.25) is 0 Å². The fourth-order valence-electron chi connectivity index (χ4n) is 3.71. The molecular weight excluding hydrogens is 486 g/mol. The van der Waals surface area contributed by atoms with Crippen molar-refractivity contribution in [3.05, 3.63) is 32.4 Å². The van der Waals surface area contributed by atoms with Crippen LogP contribution in [0, 0.1) is 0 Å². The summed E-state index contributed by atoms with van der Waals surface area (Å²) >= 11 is 4.28. The molecule has 11 heteroatoms. The van der Waals surface area contributed by atoms with Crippen LogP contribution >= 0.6 is 27.3 Å². The maximum atomic E-state index is 14.2. The second kappa shape index (κ2) is 7.86. The standard InChI is InChI=1S/C19H19BrF2N2O5S/c1-27-12-4-3-10(13(5-12)28-2)6-23-7-11(8-25)24-9-19(21,22)29-15-14(24)16(18(23)26)30-17(15)20/h3-5,11,25H,6-9H2,1-2H3. The molecule has 1 aromatic carbocycles. The molecule has 4 rings (SSSR count). The highest BCUT2D eigenvalue weighted by atomic mass is 79.9. The Hall–Kier alpha value is -2.11. The third-order valence-corrected chi connectivity index (χ3v) is 6.90. The molecule has 0 radical (unpaired) electrons. The van der Waals surface area contributed by atoms with Gasteiger partial charge in [0.05, 0.1) is 26.9 Å².